The minimum Gasteiger partial charge on any atom is -0.508 e. The van der Waals surface area contributed by atoms with Crippen LogP contribution in [0.1, 0.15) is 19.3 Å². The average Bonchev–Trinajstić information content (AvgIpc) is 3.53. The van der Waals surface area contributed by atoms with Gasteiger partial charge in [0.1, 0.15) is 17.2 Å². The van der Waals surface area contributed by atoms with Gasteiger partial charge in [0, 0.05) is 24.1 Å². The van der Waals surface area contributed by atoms with E-state index in [0.29, 0.717) is 56.9 Å². The Hall–Kier alpha value is -3.30. The van der Waals surface area contributed by atoms with Gasteiger partial charge in [-0.1, -0.05) is 11.6 Å². The normalized spacial score (nSPS) is 13.0. The molecule has 1 aliphatic rings. The van der Waals surface area contributed by atoms with E-state index in [1.165, 1.54) is 7.11 Å². The number of ether oxygens (including phenoxy) is 2. The number of nitrogens with zero attached hydrogens (tertiary/aromatic N) is 2. The average molecular weight is 408 g/mol. The quantitative estimate of drug-likeness (QED) is 0.510. The summed E-state index contributed by atoms with van der Waals surface area (Å²) in [4.78, 5) is 19.8. The summed E-state index contributed by atoms with van der Waals surface area (Å²) in [6.07, 6.45) is 4.40. The van der Waals surface area contributed by atoms with Gasteiger partial charge in [-0.2, -0.15) is 0 Å². The highest BCUT2D eigenvalue weighted by atomic mass is 35.5. The van der Waals surface area contributed by atoms with Crippen LogP contribution in [0.25, 0.3) is 15.7 Å². The molecule has 7 heteroatoms. The van der Waals surface area contributed by atoms with E-state index in [2.05, 4.69) is 15.1 Å². The zero-order chi connectivity index (χ0) is 20.4. The van der Waals surface area contributed by atoms with Crippen LogP contribution < -0.4 is 14.8 Å². The maximum Gasteiger partial charge on any atom is 0.228 e. The number of methoxy groups -OCH3 is 1. The van der Waals surface area contributed by atoms with Crippen LogP contribution in [-0.4, -0.2) is 18.0 Å². The summed E-state index contributed by atoms with van der Waals surface area (Å²) < 4.78 is 11.2. The van der Waals surface area contributed by atoms with E-state index in [-0.39, 0.29) is 5.91 Å². The molecule has 146 valence electrons. The molecular weight excluding hydrogens is 390 g/mol. The third-order valence-electron chi connectivity index (χ3n) is 4.74. The summed E-state index contributed by atoms with van der Waals surface area (Å²) in [7, 11) is 1.52. The largest absolute Gasteiger partial charge is 0.508 e. The lowest BCUT2D eigenvalue weighted by Crippen LogP contribution is -2.12. The molecule has 1 heterocycles. The summed E-state index contributed by atoms with van der Waals surface area (Å²) in [5.41, 5.74) is 1.59. The number of aromatic nitrogens is 1. The number of nitrogens with one attached hydrogen (secondary N) is 1. The standard InChI is InChI=1S/C22H18ClN3O3/c1-24-19-11-15-18(12-21(19)28-2)25-8-7-20(15)29-14-5-6-17(16(23)10-14)26-22(27)9-13-3-4-13/h5-8,10-13H,3-4,9H2,2H3,(H,26,27). The van der Waals surface area contributed by atoms with Gasteiger partial charge >= 0.3 is 0 Å². The number of hydrogen-bond donors (Lipinski definition) is 1. The number of carbonyl (C=O) groups excluding carboxylic acids is 1. The van der Waals surface area contributed by atoms with E-state index in [0.717, 1.165) is 12.8 Å². The third kappa shape index (κ3) is 4.25. The first-order chi connectivity index (χ1) is 14.1. The van der Waals surface area contributed by atoms with Gasteiger partial charge in [-0.3, -0.25) is 9.78 Å². The number of pyridine rings is 1. The van der Waals surface area contributed by atoms with E-state index < -0.39 is 0 Å². The molecule has 1 fully saturated rings. The fourth-order valence-corrected chi connectivity index (χ4v) is 3.27. The lowest BCUT2D eigenvalue weighted by Gasteiger charge is -2.12. The highest BCUT2D eigenvalue weighted by Crippen LogP contribution is 2.38. The molecular formula is C22H18ClN3O3. The molecule has 0 atom stereocenters. The van der Waals surface area contributed by atoms with Gasteiger partial charge in [-0.05, 0) is 49.1 Å². The predicted molar refractivity (Wildman–Crippen MR) is 112 cm³/mol. The lowest BCUT2D eigenvalue weighted by molar-refractivity contribution is -0.116. The fourth-order valence-electron chi connectivity index (χ4n) is 3.05. The van der Waals surface area contributed by atoms with Crippen LogP contribution >= 0.6 is 11.6 Å². The summed E-state index contributed by atoms with van der Waals surface area (Å²) in [5.74, 6) is 2.01. The van der Waals surface area contributed by atoms with Crippen LogP contribution in [0.3, 0.4) is 0 Å². The number of hydrogen-bond acceptors (Lipinski definition) is 4. The smallest absolute Gasteiger partial charge is 0.228 e. The molecule has 1 aromatic heterocycles. The van der Waals surface area contributed by atoms with E-state index in [1.54, 1.807) is 42.6 Å². The van der Waals surface area contributed by atoms with Gasteiger partial charge < -0.3 is 14.8 Å². The molecule has 3 aromatic rings. The maximum atomic E-state index is 12.0. The molecule has 2 aromatic carbocycles. The molecule has 1 N–H and O–H groups in total. The maximum absolute atomic E-state index is 12.0. The van der Waals surface area contributed by atoms with Crippen molar-refractivity contribution in [1.82, 2.24) is 4.98 Å². The van der Waals surface area contributed by atoms with Gasteiger partial charge in [0.25, 0.3) is 0 Å². The Kier molecular flexibility index (Phi) is 5.24. The second kappa shape index (κ2) is 7.98. The Bertz CT molecular complexity index is 1140. The number of amides is 1. The zero-order valence-electron chi connectivity index (χ0n) is 15.7. The van der Waals surface area contributed by atoms with Crippen molar-refractivity contribution in [3.8, 4) is 17.2 Å². The van der Waals surface area contributed by atoms with Crippen molar-refractivity contribution in [1.29, 1.82) is 0 Å². The highest BCUT2D eigenvalue weighted by molar-refractivity contribution is 6.33. The molecule has 0 spiro atoms. The van der Waals surface area contributed by atoms with Crippen molar-refractivity contribution in [2.45, 2.75) is 19.3 Å². The predicted octanol–water partition coefficient (Wildman–Crippen LogP) is 5.98. The van der Waals surface area contributed by atoms with Crippen molar-refractivity contribution in [3.63, 3.8) is 0 Å². The molecule has 1 saturated carbocycles. The van der Waals surface area contributed by atoms with Crippen LogP contribution in [0.5, 0.6) is 17.2 Å². The Morgan fingerprint density at radius 1 is 1.28 bits per heavy atom. The number of anilines is 1. The first kappa shape index (κ1) is 19.0. The van der Waals surface area contributed by atoms with E-state index in [9.17, 15) is 4.79 Å². The number of halogens is 1. The molecule has 0 aliphatic heterocycles. The van der Waals surface area contributed by atoms with E-state index in [4.69, 9.17) is 27.6 Å². The molecule has 4 rings (SSSR count). The van der Waals surface area contributed by atoms with Gasteiger partial charge in [-0.15, -0.1) is 0 Å². The van der Waals surface area contributed by atoms with Crippen LogP contribution in [0, 0.1) is 12.5 Å². The van der Waals surface area contributed by atoms with Crippen molar-refractivity contribution in [2.75, 3.05) is 12.4 Å². The Morgan fingerprint density at radius 2 is 2.10 bits per heavy atom. The van der Waals surface area contributed by atoms with Gasteiger partial charge in [0.2, 0.25) is 11.6 Å². The van der Waals surface area contributed by atoms with Crippen molar-refractivity contribution in [3.05, 3.63) is 59.0 Å². The molecule has 1 aliphatic carbocycles. The van der Waals surface area contributed by atoms with Crippen molar-refractivity contribution >= 4 is 39.8 Å². The summed E-state index contributed by atoms with van der Waals surface area (Å²) in [6, 6.07) is 10.2. The minimum absolute atomic E-state index is 0.0242. The second-order valence-corrected chi connectivity index (χ2v) is 7.31. The number of benzene rings is 2. The number of carbonyl (C=O) groups is 1. The topological polar surface area (TPSA) is 64.8 Å². The molecule has 0 radical (unpaired) electrons. The summed E-state index contributed by atoms with van der Waals surface area (Å²) in [6.45, 7) is 7.34. The number of fused-ring (bicyclic) bond motifs is 1. The Morgan fingerprint density at radius 3 is 2.79 bits per heavy atom. The third-order valence-corrected chi connectivity index (χ3v) is 5.05. The zero-order valence-corrected chi connectivity index (χ0v) is 16.5. The molecule has 0 saturated heterocycles. The molecule has 1 amide bonds. The van der Waals surface area contributed by atoms with Crippen molar-refractivity contribution in [2.24, 2.45) is 5.92 Å². The lowest BCUT2D eigenvalue weighted by atomic mass is 10.1. The van der Waals surface area contributed by atoms with Crippen LogP contribution in [0.2, 0.25) is 5.02 Å². The first-order valence-electron chi connectivity index (χ1n) is 9.19. The summed E-state index contributed by atoms with van der Waals surface area (Å²) in [5, 5.41) is 3.94. The van der Waals surface area contributed by atoms with Crippen molar-refractivity contribution < 1.29 is 14.3 Å². The highest BCUT2D eigenvalue weighted by Gasteiger charge is 2.24. The van der Waals surface area contributed by atoms with Gasteiger partial charge in [-0.25, -0.2) is 4.85 Å². The Balaban J connectivity index is 1.58. The molecule has 29 heavy (non-hydrogen) atoms. The monoisotopic (exact) mass is 407 g/mol. The fraction of sp³-hybridized carbons (Fsp3) is 0.227. The first-order valence-corrected chi connectivity index (χ1v) is 9.56. The SMILES string of the molecule is [C-]#[N+]c1cc2c(Oc3ccc(NC(=O)CC4CC4)c(Cl)c3)ccnc2cc1OC. The minimum atomic E-state index is -0.0242. The summed E-state index contributed by atoms with van der Waals surface area (Å²) >= 11 is 6.33. The van der Waals surface area contributed by atoms with E-state index >= 15 is 0 Å². The second-order valence-electron chi connectivity index (χ2n) is 6.90. The number of rotatable bonds is 6. The van der Waals surface area contributed by atoms with Crippen LogP contribution in [-0.2, 0) is 4.79 Å². The molecule has 6 nitrogen and oxygen atoms in total. The Labute approximate surface area is 173 Å². The van der Waals surface area contributed by atoms with Gasteiger partial charge in [0.15, 0.2) is 0 Å². The van der Waals surface area contributed by atoms with Gasteiger partial charge in [0.05, 0.1) is 29.9 Å². The van der Waals surface area contributed by atoms with Crippen LogP contribution in [0.4, 0.5) is 11.4 Å². The van der Waals surface area contributed by atoms with E-state index in [1.807, 2.05) is 0 Å². The molecule has 0 unspecified atom stereocenters. The van der Waals surface area contributed by atoms with Crippen LogP contribution in [0.15, 0.2) is 42.6 Å². The molecule has 0 bridgehead atoms.